The highest BCUT2D eigenvalue weighted by Crippen LogP contribution is 2.20. The third-order valence-corrected chi connectivity index (χ3v) is 4.92. The van der Waals surface area contributed by atoms with Crippen molar-refractivity contribution in [2.75, 3.05) is 24.3 Å². The molecule has 0 spiro atoms. The molecule has 14 nitrogen and oxygen atoms in total. The predicted molar refractivity (Wildman–Crippen MR) is 128 cm³/mol. The first kappa shape index (κ1) is 23.9. The van der Waals surface area contributed by atoms with E-state index >= 15 is 0 Å². The maximum absolute atomic E-state index is 13.0. The lowest BCUT2D eigenvalue weighted by Gasteiger charge is -2.19. The number of nitrogens with one attached hydrogen (secondary N) is 1. The van der Waals surface area contributed by atoms with Crippen molar-refractivity contribution in [2.45, 2.75) is 6.54 Å². The molecule has 0 aliphatic rings. The van der Waals surface area contributed by atoms with Gasteiger partial charge < -0.3 is 21.1 Å². The van der Waals surface area contributed by atoms with Crippen molar-refractivity contribution in [3.63, 3.8) is 0 Å². The zero-order valence-corrected chi connectivity index (χ0v) is 19.1. The maximum atomic E-state index is 13.0. The van der Waals surface area contributed by atoms with Crippen LogP contribution in [0.1, 0.15) is 21.7 Å². The van der Waals surface area contributed by atoms with E-state index in [-0.39, 0.29) is 30.5 Å². The highest BCUT2D eigenvalue weighted by molar-refractivity contribution is 5.94. The van der Waals surface area contributed by atoms with E-state index in [1.807, 2.05) is 42.3 Å². The minimum Gasteiger partial charge on any atom is -0.483 e. The molecule has 36 heavy (non-hydrogen) atoms. The molecule has 0 aliphatic heterocycles. The molecule has 184 valence electrons. The third kappa shape index (κ3) is 5.44. The normalized spacial score (nSPS) is 10.9. The second kappa shape index (κ2) is 10.8. The number of ether oxygens (including phenoxy) is 1. The van der Waals surface area contributed by atoms with Crippen LogP contribution in [0, 0.1) is 0 Å². The number of rotatable bonds is 10. The number of primary amides is 1. The van der Waals surface area contributed by atoms with Gasteiger partial charge in [-0.1, -0.05) is 35.5 Å². The van der Waals surface area contributed by atoms with Gasteiger partial charge in [0, 0.05) is 18.3 Å². The molecule has 14 heteroatoms. The lowest BCUT2D eigenvalue weighted by molar-refractivity contribution is -0.119. The van der Waals surface area contributed by atoms with Gasteiger partial charge in [0.2, 0.25) is 11.6 Å². The second-order valence-electron chi connectivity index (χ2n) is 7.45. The van der Waals surface area contributed by atoms with E-state index in [1.54, 1.807) is 24.3 Å². The van der Waals surface area contributed by atoms with Gasteiger partial charge in [-0.05, 0) is 34.6 Å². The second-order valence-corrected chi connectivity index (χ2v) is 7.45. The van der Waals surface area contributed by atoms with Gasteiger partial charge in [0.1, 0.15) is 5.75 Å². The summed E-state index contributed by atoms with van der Waals surface area (Å²) in [6.07, 6.45) is 1.37. The first-order valence-corrected chi connectivity index (χ1v) is 10.6. The van der Waals surface area contributed by atoms with Crippen molar-refractivity contribution in [3.05, 3.63) is 71.5 Å². The SMILES string of the molecule is CN(Cc1c(C(=O)NN=Cc2ccccc2OCC(N)=O)nnn1-c1nonc1N)c1ccccc1. The number of nitrogen functional groups attached to an aromatic ring is 1. The van der Waals surface area contributed by atoms with Crippen molar-refractivity contribution in [3.8, 4) is 11.6 Å². The number of carbonyl (C=O) groups excluding carboxylic acids is 2. The van der Waals surface area contributed by atoms with E-state index in [2.05, 4.69) is 35.8 Å². The Bertz CT molecular complexity index is 1380. The van der Waals surface area contributed by atoms with Crippen molar-refractivity contribution in [1.82, 2.24) is 30.7 Å². The van der Waals surface area contributed by atoms with Crippen LogP contribution < -0.4 is 26.5 Å². The van der Waals surface area contributed by atoms with Crippen LogP contribution >= 0.6 is 0 Å². The summed E-state index contributed by atoms with van der Waals surface area (Å²) in [6, 6.07) is 16.4. The molecule has 0 unspecified atom stereocenters. The van der Waals surface area contributed by atoms with Gasteiger partial charge in [-0.3, -0.25) is 9.59 Å². The zero-order valence-electron chi connectivity index (χ0n) is 19.1. The molecule has 0 bridgehead atoms. The summed E-state index contributed by atoms with van der Waals surface area (Å²) in [7, 11) is 1.85. The molecule has 2 aromatic heterocycles. The average Bonchev–Trinajstić information content (AvgIpc) is 3.49. The standard InChI is InChI=1S/C22H22N10O4/c1-31(15-8-3-2-4-9-15)12-16-19(26-30-32(16)21-20(24)28-36-29-21)22(34)27-25-11-14-7-5-6-10-17(14)35-13-18(23)33/h2-11H,12-13H2,1H3,(H2,23,33)(H2,24,28)(H,27,34). The lowest BCUT2D eigenvalue weighted by atomic mass is 10.2. The van der Waals surface area contributed by atoms with Gasteiger partial charge in [0.15, 0.2) is 12.3 Å². The summed E-state index contributed by atoms with van der Waals surface area (Å²) in [5.41, 5.74) is 15.2. The summed E-state index contributed by atoms with van der Waals surface area (Å²) in [4.78, 5) is 25.9. The van der Waals surface area contributed by atoms with Gasteiger partial charge in [-0.25, -0.2) is 10.1 Å². The molecule has 0 radical (unpaired) electrons. The molecule has 0 atom stereocenters. The minimum absolute atomic E-state index is 0.00408. The van der Waals surface area contributed by atoms with E-state index in [4.69, 9.17) is 16.2 Å². The third-order valence-electron chi connectivity index (χ3n) is 4.92. The summed E-state index contributed by atoms with van der Waals surface area (Å²) in [6.45, 7) is -0.0712. The molecule has 5 N–H and O–H groups in total. The Kier molecular flexibility index (Phi) is 7.14. The van der Waals surface area contributed by atoms with Crippen LogP contribution in [-0.2, 0) is 11.3 Å². The quantitative estimate of drug-likeness (QED) is 0.208. The monoisotopic (exact) mass is 490 g/mol. The number of hydrogen-bond acceptors (Lipinski definition) is 11. The van der Waals surface area contributed by atoms with Gasteiger partial charge in [-0.15, -0.1) is 5.10 Å². The molecule has 0 saturated heterocycles. The molecule has 0 saturated carbocycles. The summed E-state index contributed by atoms with van der Waals surface area (Å²) < 4.78 is 11.3. The molecule has 2 heterocycles. The maximum Gasteiger partial charge on any atom is 0.293 e. The fourth-order valence-electron chi connectivity index (χ4n) is 3.21. The van der Waals surface area contributed by atoms with Crippen molar-refractivity contribution >= 4 is 29.5 Å². The topological polar surface area (TPSA) is 193 Å². The predicted octanol–water partition coefficient (Wildman–Crippen LogP) is 0.497. The highest BCUT2D eigenvalue weighted by atomic mass is 16.6. The molecular formula is C22H22N10O4. The van der Waals surface area contributed by atoms with Gasteiger partial charge in [-0.2, -0.15) is 9.78 Å². The van der Waals surface area contributed by atoms with Gasteiger partial charge in [0.25, 0.3) is 11.8 Å². The van der Waals surface area contributed by atoms with Crippen LogP contribution in [0.4, 0.5) is 11.5 Å². The lowest BCUT2D eigenvalue weighted by Crippen LogP contribution is -2.25. The largest absolute Gasteiger partial charge is 0.483 e. The fraction of sp³-hybridized carbons (Fsp3) is 0.136. The molecule has 4 rings (SSSR count). The summed E-state index contributed by atoms with van der Waals surface area (Å²) in [5.74, 6) is -0.781. The van der Waals surface area contributed by atoms with Gasteiger partial charge in [0.05, 0.1) is 18.5 Å². The number of anilines is 2. The van der Waals surface area contributed by atoms with E-state index in [0.29, 0.717) is 17.0 Å². The summed E-state index contributed by atoms with van der Waals surface area (Å²) >= 11 is 0. The molecule has 0 aliphatic carbocycles. The smallest absolute Gasteiger partial charge is 0.293 e. The Morgan fingerprint density at radius 1 is 1.17 bits per heavy atom. The first-order chi connectivity index (χ1) is 17.4. The number of benzene rings is 2. The Morgan fingerprint density at radius 3 is 2.64 bits per heavy atom. The Balaban J connectivity index is 1.57. The van der Waals surface area contributed by atoms with Crippen LogP contribution in [-0.4, -0.2) is 57.0 Å². The highest BCUT2D eigenvalue weighted by Gasteiger charge is 2.25. The number of aromatic nitrogens is 5. The zero-order chi connectivity index (χ0) is 25.5. The molecule has 0 fully saturated rings. The molecule has 2 amide bonds. The molecular weight excluding hydrogens is 468 g/mol. The summed E-state index contributed by atoms with van der Waals surface area (Å²) in [5, 5.41) is 19.4. The van der Waals surface area contributed by atoms with Crippen LogP contribution in [0.5, 0.6) is 5.75 Å². The Labute approximate surface area is 204 Å². The van der Waals surface area contributed by atoms with Crippen LogP contribution in [0.2, 0.25) is 0 Å². The minimum atomic E-state index is -0.625. The van der Waals surface area contributed by atoms with E-state index in [9.17, 15) is 9.59 Å². The molecule has 2 aromatic carbocycles. The van der Waals surface area contributed by atoms with E-state index in [0.717, 1.165) is 5.69 Å². The Hall–Kier alpha value is -5.27. The number of hydrogen-bond donors (Lipinski definition) is 3. The number of nitrogens with two attached hydrogens (primary N) is 2. The molecule has 4 aromatic rings. The number of amides is 2. The number of para-hydroxylation sites is 2. The van der Waals surface area contributed by atoms with Crippen molar-refractivity contribution in [1.29, 1.82) is 0 Å². The number of hydrazone groups is 1. The van der Waals surface area contributed by atoms with Crippen molar-refractivity contribution < 1.29 is 19.0 Å². The van der Waals surface area contributed by atoms with Gasteiger partial charge >= 0.3 is 0 Å². The van der Waals surface area contributed by atoms with Crippen LogP contribution in [0.15, 0.2) is 64.3 Å². The van der Waals surface area contributed by atoms with Crippen LogP contribution in [0.3, 0.4) is 0 Å². The first-order valence-electron chi connectivity index (χ1n) is 10.6. The van der Waals surface area contributed by atoms with Crippen LogP contribution in [0.25, 0.3) is 5.82 Å². The Morgan fingerprint density at radius 2 is 1.92 bits per heavy atom. The van der Waals surface area contributed by atoms with Crippen molar-refractivity contribution in [2.24, 2.45) is 10.8 Å². The number of carbonyl (C=O) groups is 2. The van der Waals surface area contributed by atoms with E-state index in [1.165, 1.54) is 10.9 Å². The number of nitrogens with zero attached hydrogens (tertiary/aromatic N) is 7. The van der Waals surface area contributed by atoms with E-state index < -0.39 is 11.8 Å². The fourth-order valence-corrected chi connectivity index (χ4v) is 3.21. The average molecular weight is 490 g/mol.